The average molecular weight is 186 g/mol. The van der Waals surface area contributed by atoms with E-state index >= 15 is 0 Å². The number of ether oxygens (including phenoxy) is 1. The Morgan fingerprint density at radius 1 is 1.31 bits per heavy atom. The van der Waals surface area contributed by atoms with Crippen molar-refractivity contribution in [1.29, 1.82) is 0 Å². The number of rotatable bonds is 7. The molecular formula is C10H22N2O. The molecule has 1 fully saturated rings. The third-order valence-corrected chi connectivity index (χ3v) is 2.35. The fourth-order valence-corrected chi connectivity index (χ4v) is 1.58. The van der Waals surface area contributed by atoms with Gasteiger partial charge in [0.2, 0.25) is 0 Å². The zero-order valence-electron chi connectivity index (χ0n) is 8.64. The van der Waals surface area contributed by atoms with Crippen molar-refractivity contribution >= 4 is 0 Å². The number of hydrogen-bond acceptors (Lipinski definition) is 3. The maximum Gasteiger partial charge on any atom is 0.0700 e. The van der Waals surface area contributed by atoms with Gasteiger partial charge >= 0.3 is 0 Å². The lowest BCUT2D eigenvalue weighted by atomic mass is 10.2. The Labute approximate surface area is 81.2 Å². The molecule has 0 aliphatic carbocycles. The minimum atomic E-state index is 0.485. The molecule has 1 atom stereocenters. The molecule has 13 heavy (non-hydrogen) atoms. The predicted molar refractivity (Wildman–Crippen MR) is 55.0 cm³/mol. The van der Waals surface area contributed by atoms with Crippen LogP contribution >= 0.6 is 0 Å². The van der Waals surface area contributed by atoms with Crippen molar-refractivity contribution in [3.63, 3.8) is 0 Å². The SMILES string of the molecule is CCNCCCNCC1CCCO1. The number of nitrogens with one attached hydrogen (secondary N) is 2. The minimum Gasteiger partial charge on any atom is -0.377 e. The molecule has 78 valence electrons. The Morgan fingerprint density at radius 3 is 2.85 bits per heavy atom. The summed E-state index contributed by atoms with van der Waals surface area (Å²) in [7, 11) is 0. The van der Waals surface area contributed by atoms with Gasteiger partial charge in [-0.15, -0.1) is 0 Å². The molecule has 0 aromatic heterocycles. The minimum absolute atomic E-state index is 0.485. The molecule has 1 saturated heterocycles. The molecule has 0 radical (unpaired) electrons. The van der Waals surface area contributed by atoms with Gasteiger partial charge in [-0.05, 0) is 38.9 Å². The zero-order valence-corrected chi connectivity index (χ0v) is 8.64. The van der Waals surface area contributed by atoms with Crippen molar-refractivity contribution in [2.75, 3.05) is 32.8 Å². The van der Waals surface area contributed by atoms with Gasteiger partial charge in [-0.1, -0.05) is 6.92 Å². The summed E-state index contributed by atoms with van der Waals surface area (Å²) < 4.78 is 5.50. The monoisotopic (exact) mass is 186 g/mol. The fourth-order valence-electron chi connectivity index (χ4n) is 1.58. The summed E-state index contributed by atoms with van der Waals surface area (Å²) in [5.74, 6) is 0. The van der Waals surface area contributed by atoms with Gasteiger partial charge in [0.05, 0.1) is 6.10 Å². The molecule has 0 aromatic carbocycles. The summed E-state index contributed by atoms with van der Waals surface area (Å²) in [6, 6.07) is 0. The van der Waals surface area contributed by atoms with E-state index in [9.17, 15) is 0 Å². The maximum absolute atomic E-state index is 5.50. The highest BCUT2D eigenvalue weighted by atomic mass is 16.5. The Balaban J connectivity index is 1.78. The summed E-state index contributed by atoms with van der Waals surface area (Å²) in [5, 5.41) is 6.73. The van der Waals surface area contributed by atoms with Crippen molar-refractivity contribution in [3.05, 3.63) is 0 Å². The second-order valence-electron chi connectivity index (χ2n) is 3.55. The van der Waals surface area contributed by atoms with E-state index in [0.29, 0.717) is 6.10 Å². The second-order valence-corrected chi connectivity index (χ2v) is 3.55. The van der Waals surface area contributed by atoms with Gasteiger partial charge in [0.1, 0.15) is 0 Å². The van der Waals surface area contributed by atoms with Crippen LogP contribution in [0.2, 0.25) is 0 Å². The van der Waals surface area contributed by atoms with Gasteiger partial charge in [0.15, 0.2) is 0 Å². The van der Waals surface area contributed by atoms with Crippen molar-refractivity contribution in [2.45, 2.75) is 32.3 Å². The van der Waals surface area contributed by atoms with E-state index in [-0.39, 0.29) is 0 Å². The highest BCUT2D eigenvalue weighted by Gasteiger charge is 2.13. The van der Waals surface area contributed by atoms with Gasteiger partial charge in [0.25, 0.3) is 0 Å². The molecule has 3 nitrogen and oxygen atoms in total. The third-order valence-electron chi connectivity index (χ3n) is 2.35. The molecule has 0 saturated carbocycles. The first-order valence-electron chi connectivity index (χ1n) is 5.46. The van der Waals surface area contributed by atoms with E-state index in [2.05, 4.69) is 17.6 Å². The van der Waals surface area contributed by atoms with Crippen molar-refractivity contribution in [1.82, 2.24) is 10.6 Å². The molecule has 0 spiro atoms. The van der Waals surface area contributed by atoms with Crippen LogP contribution < -0.4 is 10.6 Å². The van der Waals surface area contributed by atoms with Crippen LogP contribution in [0.25, 0.3) is 0 Å². The van der Waals surface area contributed by atoms with Crippen LogP contribution in [0.4, 0.5) is 0 Å². The summed E-state index contributed by atoms with van der Waals surface area (Å²) in [4.78, 5) is 0. The molecular weight excluding hydrogens is 164 g/mol. The molecule has 1 aliphatic rings. The number of hydrogen-bond donors (Lipinski definition) is 2. The van der Waals surface area contributed by atoms with E-state index in [1.807, 2.05) is 0 Å². The van der Waals surface area contributed by atoms with Gasteiger partial charge in [-0.3, -0.25) is 0 Å². The predicted octanol–water partition coefficient (Wildman–Crippen LogP) is 0.755. The van der Waals surface area contributed by atoms with Gasteiger partial charge in [0, 0.05) is 13.2 Å². The summed E-state index contributed by atoms with van der Waals surface area (Å²) in [5.41, 5.74) is 0. The lowest BCUT2D eigenvalue weighted by Crippen LogP contribution is -2.28. The van der Waals surface area contributed by atoms with Crippen molar-refractivity contribution < 1.29 is 4.74 Å². The Bertz CT molecular complexity index is 113. The molecule has 1 rings (SSSR count). The van der Waals surface area contributed by atoms with Crippen LogP contribution in [-0.2, 0) is 4.74 Å². The highest BCUT2D eigenvalue weighted by molar-refractivity contribution is 4.67. The topological polar surface area (TPSA) is 33.3 Å². The molecule has 0 bridgehead atoms. The van der Waals surface area contributed by atoms with Crippen LogP contribution in [-0.4, -0.2) is 38.9 Å². The molecule has 3 heteroatoms. The van der Waals surface area contributed by atoms with Gasteiger partial charge < -0.3 is 15.4 Å². The first-order chi connectivity index (χ1) is 6.43. The second kappa shape index (κ2) is 7.30. The standard InChI is InChI=1S/C10H22N2O/c1-2-11-6-4-7-12-9-10-5-3-8-13-10/h10-12H,2-9H2,1H3. The summed E-state index contributed by atoms with van der Waals surface area (Å²) in [6.45, 7) is 7.43. The van der Waals surface area contributed by atoms with Crippen LogP contribution in [0.15, 0.2) is 0 Å². The van der Waals surface area contributed by atoms with Crippen LogP contribution in [0, 0.1) is 0 Å². The Kier molecular flexibility index (Phi) is 6.15. The normalized spacial score (nSPS) is 22.4. The molecule has 2 N–H and O–H groups in total. The summed E-state index contributed by atoms with van der Waals surface area (Å²) in [6.07, 6.45) is 4.17. The first kappa shape index (κ1) is 11.0. The van der Waals surface area contributed by atoms with Crippen LogP contribution in [0.1, 0.15) is 26.2 Å². The Morgan fingerprint density at radius 2 is 2.15 bits per heavy atom. The first-order valence-corrected chi connectivity index (χ1v) is 5.46. The molecule has 1 unspecified atom stereocenters. The van der Waals surface area contributed by atoms with Crippen molar-refractivity contribution in [2.24, 2.45) is 0 Å². The lowest BCUT2D eigenvalue weighted by molar-refractivity contribution is 0.110. The van der Waals surface area contributed by atoms with Gasteiger partial charge in [-0.2, -0.15) is 0 Å². The van der Waals surface area contributed by atoms with E-state index < -0.39 is 0 Å². The maximum atomic E-state index is 5.50. The largest absolute Gasteiger partial charge is 0.377 e. The fraction of sp³-hybridized carbons (Fsp3) is 1.00. The van der Waals surface area contributed by atoms with Crippen LogP contribution in [0.5, 0.6) is 0 Å². The highest BCUT2D eigenvalue weighted by Crippen LogP contribution is 2.10. The van der Waals surface area contributed by atoms with Crippen molar-refractivity contribution in [3.8, 4) is 0 Å². The van der Waals surface area contributed by atoms with Crippen LogP contribution in [0.3, 0.4) is 0 Å². The van der Waals surface area contributed by atoms with E-state index in [4.69, 9.17) is 4.74 Å². The molecule has 1 heterocycles. The molecule has 1 aliphatic heterocycles. The molecule has 0 aromatic rings. The average Bonchev–Trinajstić information content (AvgIpc) is 2.63. The van der Waals surface area contributed by atoms with Gasteiger partial charge in [-0.25, -0.2) is 0 Å². The van der Waals surface area contributed by atoms with E-state index in [0.717, 1.165) is 32.8 Å². The third kappa shape index (κ3) is 5.24. The smallest absolute Gasteiger partial charge is 0.0700 e. The Hall–Kier alpha value is -0.120. The summed E-state index contributed by atoms with van der Waals surface area (Å²) >= 11 is 0. The zero-order chi connectivity index (χ0) is 9.36. The molecule has 0 amide bonds. The van der Waals surface area contributed by atoms with E-state index in [1.165, 1.54) is 19.3 Å². The van der Waals surface area contributed by atoms with E-state index in [1.54, 1.807) is 0 Å². The lowest BCUT2D eigenvalue weighted by Gasteiger charge is -2.10. The quantitative estimate of drug-likeness (QED) is 0.576.